The number of aryl methyl sites for hydroxylation is 1. The molecule has 34 heavy (non-hydrogen) atoms. The number of rotatable bonds is 8. The Hall–Kier alpha value is -3.85. The van der Waals surface area contributed by atoms with Gasteiger partial charge in [-0.1, -0.05) is 28.9 Å². The number of fused-ring (bicyclic) bond motifs is 1. The molecule has 9 nitrogen and oxygen atoms in total. The average molecular weight is 483 g/mol. The summed E-state index contributed by atoms with van der Waals surface area (Å²) in [7, 11) is 1.81. The first-order valence-electron chi connectivity index (χ1n) is 10.6. The molecule has 176 valence electrons. The van der Waals surface area contributed by atoms with Crippen molar-refractivity contribution in [1.29, 1.82) is 0 Å². The maximum Gasteiger partial charge on any atom is 0.305 e. The number of halogens is 1. The first kappa shape index (κ1) is 23.3. The highest BCUT2D eigenvalue weighted by molar-refractivity contribution is 6.32. The van der Waals surface area contributed by atoms with Crippen molar-refractivity contribution in [3.63, 3.8) is 0 Å². The van der Waals surface area contributed by atoms with Crippen molar-refractivity contribution in [1.82, 2.24) is 20.0 Å². The summed E-state index contributed by atoms with van der Waals surface area (Å²) in [6.45, 7) is 3.88. The number of para-hydroxylation sites is 1. The maximum atomic E-state index is 12.6. The van der Waals surface area contributed by atoms with E-state index < -0.39 is 5.97 Å². The number of ether oxygens (including phenoxy) is 1. The molecular weight excluding hydrogens is 460 g/mol. The van der Waals surface area contributed by atoms with E-state index in [-0.39, 0.29) is 25.0 Å². The third-order valence-electron chi connectivity index (χ3n) is 5.08. The number of carbonyl (C=O) groups excluding carboxylic acids is 1. The topological polar surface area (TPSA) is 119 Å². The predicted molar refractivity (Wildman–Crippen MR) is 127 cm³/mol. The minimum absolute atomic E-state index is 0.00623. The molecule has 0 radical (unpaired) electrons. The Morgan fingerprint density at radius 1 is 1.26 bits per heavy atom. The van der Waals surface area contributed by atoms with Gasteiger partial charge in [-0.2, -0.15) is 4.98 Å². The van der Waals surface area contributed by atoms with Gasteiger partial charge in [-0.3, -0.25) is 9.59 Å². The Balaban J connectivity index is 1.65. The van der Waals surface area contributed by atoms with E-state index in [1.165, 1.54) is 0 Å². The first-order chi connectivity index (χ1) is 16.2. The van der Waals surface area contributed by atoms with Crippen LogP contribution < -0.4 is 10.1 Å². The van der Waals surface area contributed by atoms with Gasteiger partial charge >= 0.3 is 5.97 Å². The van der Waals surface area contributed by atoms with E-state index in [2.05, 4.69) is 15.5 Å². The number of carboxylic acids is 1. The zero-order valence-electron chi connectivity index (χ0n) is 18.8. The summed E-state index contributed by atoms with van der Waals surface area (Å²) >= 11 is 6.34. The van der Waals surface area contributed by atoms with Gasteiger partial charge in [0.25, 0.3) is 11.8 Å². The van der Waals surface area contributed by atoms with Crippen LogP contribution in [0.2, 0.25) is 5.02 Å². The van der Waals surface area contributed by atoms with Gasteiger partial charge in [0.15, 0.2) is 0 Å². The van der Waals surface area contributed by atoms with Crippen LogP contribution in [-0.4, -0.2) is 44.3 Å². The molecule has 0 bridgehead atoms. The van der Waals surface area contributed by atoms with Crippen molar-refractivity contribution in [2.75, 3.05) is 6.54 Å². The van der Waals surface area contributed by atoms with Gasteiger partial charge in [0, 0.05) is 36.3 Å². The van der Waals surface area contributed by atoms with E-state index in [1.54, 1.807) is 30.5 Å². The number of carboxylic acid groups (broad SMARTS) is 1. The predicted octanol–water partition coefficient (Wildman–Crippen LogP) is 4.54. The second-order valence-electron chi connectivity index (χ2n) is 7.99. The fourth-order valence-corrected chi connectivity index (χ4v) is 3.87. The van der Waals surface area contributed by atoms with Crippen molar-refractivity contribution in [2.24, 2.45) is 7.05 Å². The zero-order valence-corrected chi connectivity index (χ0v) is 19.6. The zero-order chi connectivity index (χ0) is 24.4. The molecule has 0 aliphatic heterocycles. The van der Waals surface area contributed by atoms with Crippen molar-refractivity contribution in [2.45, 2.75) is 26.4 Å². The summed E-state index contributed by atoms with van der Waals surface area (Å²) < 4.78 is 13.0. The third-order valence-corrected chi connectivity index (χ3v) is 5.37. The standard InChI is InChI=1S/C24H23ClN4O5/c1-13(2)33-19-8-7-14(11-18(19)25)24-27-22(28-34-24)16-6-4-5-15-17(12-29(3)21(15)16)23(32)26-10-9-20(30)31/h4-8,11-13H,9-10H2,1-3H3,(H,26,32)(H,30,31). The molecule has 4 aromatic rings. The number of carbonyl (C=O) groups is 2. The Morgan fingerprint density at radius 3 is 2.76 bits per heavy atom. The van der Waals surface area contributed by atoms with Crippen LogP contribution in [0.1, 0.15) is 30.6 Å². The number of amides is 1. The van der Waals surface area contributed by atoms with Crippen LogP contribution in [0, 0.1) is 0 Å². The maximum absolute atomic E-state index is 12.6. The van der Waals surface area contributed by atoms with E-state index in [9.17, 15) is 9.59 Å². The fourth-order valence-electron chi connectivity index (χ4n) is 3.64. The van der Waals surface area contributed by atoms with E-state index >= 15 is 0 Å². The molecule has 0 saturated carbocycles. The van der Waals surface area contributed by atoms with Gasteiger partial charge in [-0.15, -0.1) is 0 Å². The molecule has 0 aliphatic rings. The molecule has 0 unspecified atom stereocenters. The molecule has 0 fully saturated rings. The summed E-state index contributed by atoms with van der Waals surface area (Å²) in [6, 6.07) is 10.7. The van der Waals surface area contributed by atoms with Crippen molar-refractivity contribution in [3.8, 4) is 28.6 Å². The number of nitrogens with zero attached hydrogens (tertiary/aromatic N) is 3. The number of hydrogen-bond acceptors (Lipinski definition) is 6. The molecule has 0 aliphatic carbocycles. The summed E-state index contributed by atoms with van der Waals surface area (Å²) in [4.78, 5) is 27.9. The Morgan fingerprint density at radius 2 is 2.06 bits per heavy atom. The van der Waals surface area contributed by atoms with Gasteiger partial charge in [0.1, 0.15) is 5.75 Å². The molecule has 2 aromatic heterocycles. The Labute approximate surface area is 200 Å². The number of nitrogens with one attached hydrogen (secondary N) is 1. The van der Waals surface area contributed by atoms with E-state index in [0.717, 1.165) is 5.52 Å². The number of aliphatic carboxylic acids is 1. The monoisotopic (exact) mass is 482 g/mol. The highest BCUT2D eigenvalue weighted by Gasteiger charge is 2.20. The molecule has 2 N–H and O–H groups in total. The van der Waals surface area contributed by atoms with Crippen molar-refractivity contribution in [3.05, 3.63) is 53.2 Å². The van der Waals surface area contributed by atoms with Crippen LogP contribution in [0.5, 0.6) is 5.75 Å². The highest BCUT2D eigenvalue weighted by atomic mass is 35.5. The lowest BCUT2D eigenvalue weighted by Gasteiger charge is -2.11. The van der Waals surface area contributed by atoms with E-state index in [1.807, 2.05) is 37.6 Å². The van der Waals surface area contributed by atoms with Crippen LogP contribution in [0.4, 0.5) is 0 Å². The summed E-state index contributed by atoms with van der Waals surface area (Å²) in [5.74, 6) is -0.0973. The fraction of sp³-hybridized carbons (Fsp3) is 0.250. The number of hydrogen-bond donors (Lipinski definition) is 2. The number of benzene rings is 2. The summed E-state index contributed by atoms with van der Waals surface area (Å²) in [6.07, 6.45) is 1.54. The normalized spacial score (nSPS) is 11.2. The Kier molecular flexibility index (Phi) is 6.56. The molecule has 10 heteroatoms. The molecule has 0 atom stereocenters. The van der Waals surface area contributed by atoms with Gasteiger partial charge in [0.2, 0.25) is 5.82 Å². The lowest BCUT2D eigenvalue weighted by molar-refractivity contribution is -0.136. The number of aromatic nitrogens is 3. The molecule has 2 aromatic carbocycles. The second-order valence-corrected chi connectivity index (χ2v) is 8.40. The van der Waals surface area contributed by atoms with Gasteiger partial charge in [-0.25, -0.2) is 0 Å². The summed E-state index contributed by atoms with van der Waals surface area (Å²) in [5.41, 5.74) is 2.51. The molecule has 2 heterocycles. The lowest BCUT2D eigenvalue weighted by atomic mass is 10.1. The van der Waals surface area contributed by atoms with Crippen molar-refractivity contribution < 1.29 is 24.0 Å². The minimum Gasteiger partial charge on any atom is -0.489 e. The minimum atomic E-state index is -0.975. The molecule has 4 rings (SSSR count). The van der Waals surface area contributed by atoms with Gasteiger partial charge < -0.3 is 24.3 Å². The quantitative estimate of drug-likeness (QED) is 0.378. The van der Waals surface area contributed by atoms with E-state index in [4.69, 9.17) is 26.0 Å². The molecule has 1 amide bonds. The van der Waals surface area contributed by atoms with Crippen LogP contribution >= 0.6 is 11.6 Å². The van der Waals surface area contributed by atoms with Crippen LogP contribution in [0.25, 0.3) is 33.7 Å². The third kappa shape index (κ3) is 4.74. The smallest absolute Gasteiger partial charge is 0.305 e. The molecule has 0 saturated heterocycles. The molecule has 0 spiro atoms. The van der Waals surface area contributed by atoms with Crippen LogP contribution in [0.3, 0.4) is 0 Å². The average Bonchev–Trinajstić information content (AvgIpc) is 3.40. The SMILES string of the molecule is CC(C)Oc1ccc(-c2nc(-c3cccc4c(C(=O)NCCC(=O)O)cn(C)c34)no2)cc1Cl. The second kappa shape index (κ2) is 9.56. The lowest BCUT2D eigenvalue weighted by Crippen LogP contribution is -2.25. The first-order valence-corrected chi connectivity index (χ1v) is 11.0. The highest BCUT2D eigenvalue weighted by Crippen LogP contribution is 2.33. The van der Waals surface area contributed by atoms with Crippen LogP contribution in [0.15, 0.2) is 47.1 Å². The molecular formula is C24H23ClN4O5. The van der Waals surface area contributed by atoms with Gasteiger partial charge in [-0.05, 0) is 38.1 Å². The largest absolute Gasteiger partial charge is 0.489 e. The Bertz CT molecular complexity index is 1380. The van der Waals surface area contributed by atoms with E-state index in [0.29, 0.717) is 44.6 Å². The van der Waals surface area contributed by atoms with Gasteiger partial charge in [0.05, 0.1) is 28.6 Å². The van der Waals surface area contributed by atoms with Crippen molar-refractivity contribution >= 4 is 34.4 Å². The summed E-state index contributed by atoms with van der Waals surface area (Å²) in [5, 5.41) is 16.7. The van der Waals surface area contributed by atoms with Crippen LogP contribution in [-0.2, 0) is 11.8 Å².